The molecule has 0 atom stereocenters. The number of carbonyl (C=O) groups is 1. The van der Waals surface area contributed by atoms with Crippen LogP contribution in [-0.4, -0.2) is 26.1 Å². The van der Waals surface area contributed by atoms with Crippen LogP contribution in [0.5, 0.6) is 5.75 Å². The fourth-order valence-electron chi connectivity index (χ4n) is 2.46. The highest BCUT2D eigenvalue weighted by molar-refractivity contribution is 6.05. The highest BCUT2D eigenvalue weighted by Gasteiger charge is 2.17. The first-order chi connectivity index (χ1) is 10.9. The number of hydrogen-bond donors (Lipinski definition) is 4. The molecule has 3 rings (SSSR count). The van der Waals surface area contributed by atoms with Crippen LogP contribution in [0.2, 0.25) is 0 Å². The third kappa shape index (κ3) is 1.92. The van der Waals surface area contributed by atoms with Crippen molar-refractivity contribution in [2.45, 2.75) is 6.92 Å². The van der Waals surface area contributed by atoms with Crippen molar-refractivity contribution in [3.05, 3.63) is 48.9 Å². The van der Waals surface area contributed by atoms with E-state index < -0.39 is 22.5 Å². The van der Waals surface area contributed by atoms with E-state index in [1.54, 1.807) is 0 Å². The second-order valence-corrected chi connectivity index (χ2v) is 5.01. The Bertz CT molecular complexity index is 1160. The third-order valence-corrected chi connectivity index (χ3v) is 3.68. The number of H-pyrrole nitrogens is 1. The molecule has 5 N–H and O–H groups in total. The maximum atomic E-state index is 12.3. The van der Waals surface area contributed by atoms with Gasteiger partial charge in [-0.3, -0.25) is 14.4 Å². The maximum Gasteiger partial charge on any atom is 0.250 e. The van der Waals surface area contributed by atoms with Crippen LogP contribution < -0.4 is 21.8 Å². The van der Waals surface area contributed by atoms with E-state index in [0.29, 0.717) is 6.26 Å². The molecule has 0 unspecified atom stereocenters. The molecule has 3 aromatic rings. The number of primary amides is 1. The number of phenols is 1. The summed E-state index contributed by atoms with van der Waals surface area (Å²) in [6.07, 6.45) is 0.596. The molecule has 116 valence electrons. The molecule has 0 saturated carbocycles. The van der Waals surface area contributed by atoms with Gasteiger partial charge in [-0.25, -0.2) is 4.98 Å². The Morgan fingerprint density at radius 3 is 2.57 bits per heavy atom. The van der Waals surface area contributed by atoms with Crippen molar-refractivity contribution in [2.75, 3.05) is 0 Å². The number of aromatic amines is 1. The van der Waals surface area contributed by atoms with Gasteiger partial charge in [-0.05, 0) is 19.1 Å². The van der Waals surface area contributed by atoms with Crippen molar-refractivity contribution in [3.63, 3.8) is 0 Å². The number of amides is 1. The number of nitrogens with two attached hydrogens (primary N) is 1. The number of nitrogens with one attached hydrogen (secondary N) is 1. The first-order valence-electron chi connectivity index (χ1n) is 6.53. The van der Waals surface area contributed by atoms with Crippen LogP contribution in [0.25, 0.3) is 28.3 Å². The molecule has 8 heteroatoms. The van der Waals surface area contributed by atoms with E-state index in [9.17, 15) is 24.6 Å². The van der Waals surface area contributed by atoms with E-state index in [-0.39, 0.29) is 38.4 Å². The van der Waals surface area contributed by atoms with Crippen LogP contribution in [0.1, 0.15) is 15.9 Å². The molecule has 2 aromatic carbocycles. The average molecular weight is 313 g/mol. The average Bonchev–Trinajstić information content (AvgIpc) is 2.52. The lowest BCUT2D eigenvalue weighted by Gasteiger charge is -2.07. The molecule has 1 amide bonds. The fourth-order valence-corrected chi connectivity index (χ4v) is 2.46. The summed E-state index contributed by atoms with van der Waals surface area (Å²) in [7, 11) is 0. The van der Waals surface area contributed by atoms with E-state index in [4.69, 9.17) is 5.73 Å². The molecule has 0 bridgehead atoms. The minimum absolute atomic E-state index is 0.00546. The number of carbonyl (C=O) groups excluding carboxylic acids is 1. The van der Waals surface area contributed by atoms with Crippen LogP contribution in [0, 0.1) is 6.92 Å². The molecule has 23 heavy (non-hydrogen) atoms. The molecule has 0 aliphatic heterocycles. The van der Waals surface area contributed by atoms with Gasteiger partial charge in [0.05, 0.1) is 22.6 Å². The Labute approximate surface area is 127 Å². The summed E-state index contributed by atoms with van der Waals surface area (Å²) in [6, 6.07) is 2.37. The number of aliphatic hydroxyl groups is 1. The zero-order valence-corrected chi connectivity index (χ0v) is 11.9. The summed E-state index contributed by atoms with van der Waals surface area (Å²) in [5.41, 5.74) is 3.98. The molecule has 1 aromatic heterocycles. The second-order valence-electron chi connectivity index (χ2n) is 5.01. The lowest BCUT2D eigenvalue weighted by atomic mass is 10.1. The highest BCUT2D eigenvalue weighted by Crippen LogP contribution is 2.16. The molecule has 1 heterocycles. The largest absolute Gasteiger partial charge is 0.515 e. The van der Waals surface area contributed by atoms with Crippen molar-refractivity contribution in [1.82, 2.24) is 9.97 Å². The van der Waals surface area contributed by atoms with Gasteiger partial charge in [-0.15, -0.1) is 0 Å². The second kappa shape index (κ2) is 4.80. The molecular weight excluding hydrogens is 302 g/mol. The first kappa shape index (κ1) is 14.5. The van der Waals surface area contributed by atoms with Gasteiger partial charge in [-0.1, -0.05) is 0 Å². The van der Waals surface area contributed by atoms with Crippen LogP contribution in [0.15, 0.2) is 21.7 Å². The number of fused-ring (bicyclic) bond motifs is 2. The van der Waals surface area contributed by atoms with Gasteiger partial charge in [0.1, 0.15) is 22.3 Å². The molecule has 0 aliphatic carbocycles. The topological polar surface area (TPSA) is 146 Å². The molecule has 0 saturated heterocycles. The molecule has 0 fully saturated rings. The number of aliphatic hydroxyl groups excluding tert-OH is 1. The van der Waals surface area contributed by atoms with Crippen molar-refractivity contribution in [1.29, 1.82) is 0 Å². The summed E-state index contributed by atoms with van der Waals surface area (Å²) < 4.78 is 0. The van der Waals surface area contributed by atoms with Gasteiger partial charge >= 0.3 is 0 Å². The van der Waals surface area contributed by atoms with Crippen molar-refractivity contribution in [3.8, 4) is 5.75 Å². The Balaban J connectivity index is 2.72. The molecule has 0 radical (unpaired) electrons. The smallest absolute Gasteiger partial charge is 0.250 e. The predicted octanol–water partition coefficient (Wildman–Crippen LogP) is -0.436. The van der Waals surface area contributed by atoms with Crippen molar-refractivity contribution >= 4 is 34.2 Å². The standard InChI is InChI=1S/C15H11N3O5/c1-5-13(21)7(4-19)10-12(14(5)22)18-9-6(15(16)23)2-3-8(20)11(9)17-10/h2-4,18-19,21H,1H3,(H2,16,23)/b7-4-. The molecular formula is C15H11N3O5. The number of phenolic OH excluding ortho intramolecular Hbond substituents is 1. The third-order valence-electron chi connectivity index (χ3n) is 3.68. The number of nitrogens with zero attached hydrogens (tertiary/aromatic N) is 1. The molecule has 0 aliphatic rings. The number of rotatable bonds is 1. The van der Waals surface area contributed by atoms with Gasteiger partial charge in [0.2, 0.25) is 10.9 Å². The highest BCUT2D eigenvalue weighted by atomic mass is 16.3. The lowest BCUT2D eigenvalue weighted by molar-refractivity contribution is 0.100. The van der Waals surface area contributed by atoms with E-state index >= 15 is 0 Å². The van der Waals surface area contributed by atoms with Crippen molar-refractivity contribution < 1.29 is 15.0 Å². The minimum Gasteiger partial charge on any atom is -0.515 e. The molecule has 8 nitrogen and oxygen atoms in total. The van der Waals surface area contributed by atoms with E-state index in [0.717, 1.165) is 6.07 Å². The van der Waals surface area contributed by atoms with Gasteiger partial charge < -0.3 is 20.9 Å². The Morgan fingerprint density at radius 1 is 1.26 bits per heavy atom. The Hall–Kier alpha value is -3.42. The van der Waals surface area contributed by atoms with Crippen LogP contribution in [0.3, 0.4) is 0 Å². The van der Waals surface area contributed by atoms with E-state index in [1.165, 1.54) is 13.0 Å². The number of aromatic nitrogens is 2. The van der Waals surface area contributed by atoms with Gasteiger partial charge in [-0.2, -0.15) is 0 Å². The van der Waals surface area contributed by atoms with Crippen LogP contribution in [0.4, 0.5) is 0 Å². The maximum absolute atomic E-state index is 12.3. The first-order valence-corrected chi connectivity index (χ1v) is 6.53. The Kier molecular flexibility index (Phi) is 3.03. The summed E-state index contributed by atoms with van der Waals surface area (Å²) in [6.45, 7) is 1.38. The summed E-state index contributed by atoms with van der Waals surface area (Å²) in [5, 5.41) is 19.2. The number of benzene rings is 2. The molecule has 0 spiro atoms. The normalized spacial score (nSPS) is 12.1. The number of aromatic hydroxyl groups is 1. The van der Waals surface area contributed by atoms with Gasteiger partial charge in [0.25, 0.3) is 5.91 Å². The SMILES string of the molecule is Cc1c(O)/c(=C\O)c2nc3c(=O)ccc(C(N)=O)c3[nH]c2c1=O. The van der Waals surface area contributed by atoms with Crippen LogP contribution >= 0.6 is 0 Å². The number of hydrogen-bond acceptors (Lipinski definition) is 6. The van der Waals surface area contributed by atoms with E-state index in [1.807, 2.05) is 0 Å². The summed E-state index contributed by atoms with van der Waals surface area (Å²) in [5.74, 6) is -1.21. The quantitative estimate of drug-likeness (QED) is 0.448. The van der Waals surface area contributed by atoms with Gasteiger partial charge in [0.15, 0.2) is 0 Å². The lowest BCUT2D eigenvalue weighted by Crippen LogP contribution is -2.21. The van der Waals surface area contributed by atoms with Gasteiger partial charge in [0, 0.05) is 5.56 Å². The van der Waals surface area contributed by atoms with E-state index in [2.05, 4.69) is 9.97 Å². The zero-order chi connectivity index (χ0) is 16.9. The zero-order valence-electron chi connectivity index (χ0n) is 11.9. The minimum atomic E-state index is -0.788. The predicted molar refractivity (Wildman–Crippen MR) is 83.4 cm³/mol. The monoisotopic (exact) mass is 313 g/mol. The summed E-state index contributed by atoms with van der Waals surface area (Å²) in [4.78, 5) is 42.5. The van der Waals surface area contributed by atoms with Crippen LogP contribution in [-0.2, 0) is 0 Å². The van der Waals surface area contributed by atoms with Crippen molar-refractivity contribution in [2.24, 2.45) is 5.73 Å². The Morgan fingerprint density at radius 2 is 1.96 bits per heavy atom. The fraction of sp³-hybridized carbons (Fsp3) is 0.0667. The summed E-state index contributed by atoms with van der Waals surface area (Å²) >= 11 is 0.